The molecule has 3 fully saturated rings. The van der Waals surface area contributed by atoms with Crippen LogP contribution in [0.5, 0.6) is 0 Å². The summed E-state index contributed by atoms with van der Waals surface area (Å²) in [7, 11) is 0. The molecule has 3 rings (SSSR count). The topological polar surface area (TPSA) is 52.6 Å². The maximum Gasteiger partial charge on any atom is 0.312 e. The van der Waals surface area contributed by atoms with Gasteiger partial charge in [0.15, 0.2) is 0 Å². The molecule has 4 nitrogen and oxygen atoms in total. The van der Waals surface area contributed by atoms with Crippen molar-refractivity contribution >= 4 is 11.9 Å². The number of rotatable bonds is 3. The molecule has 0 aromatic carbocycles. The number of ether oxygens (including phenoxy) is 2. The van der Waals surface area contributed by atoms with E-state index in [1.165, 1.54) is 0 Å². The normalized spacial score (nSPS) is 43.5. The summed E-state index contributed by atoms with van der Waals surface area (Å²) in [6.45, 7) is 7.77. The summed E-state index contributed by atoms with van der Waals surface area (Å²) >= 11 is 0. The Kier molecular flexibility index (Phi) is 2.55. The van der Waals surface area contributed by atoms with Crippen LogP contribution in [0.4, 0.5) is 0 Å². The third-order valence-electron chi connectivity index (χ3n) is 5.58. The van der Waals surface area contributed by atoms with E-state index in [2.05, 4.69) is 0 Å². The quantitative estimate of drug-likeness (QED) is 0.736. The van der Waals surface area contributed by atoms with E-state index in [0.29, 0.717) is 5.92 Å². The van der Waals surface area contributed by atoms with E-state index in [1.807, 2.05) is 27.7 Å². The molecule has 2 aliphatic carbocycles. The maximum absolute atomic E-state index is 12.2. The second-order valence-corrected chi connectivity index (χ2v) is 7.19. The van der Waals surface area contributed by atoms with Crippen molar-refractivity contribution in [1.82, 2.24) is 0 Å². The molecule has 3 aliphatic rings. The predicted octanol–water partition coefficient (Wildman–Crippen LogP) is 2.31. The van der Waals surface area contributed by atoms with Crippen LogP contribution < -0.4 is 0 Å². The number of hydrogen-bond donors (Lipinski definition) is 0. The molecule has 5 unspecified atom stereocenters. The Morgan fingerprint density at radius 2 is 2.21 bits per heavy atom. The van der Waals surface area contributed by atoms with E-state index >= 15 is 0 Å². The second kappa shape index (κ2) is 3.74. The first-order chi connectivity index (χ1) is 8.79. The van der Waals surface area contributed by atoms with Gasteiger partial charge in [0.05, 0.1) is 10.8 Å². The largest absolute Gasteiger partial charge is 0.461 e. The van der Waals surface area contributed by atoms with Crippen molar-refractivity contribution in [2.24, 2.45) is 22.7 Å². The first kappa shape index (κ1) is 12.9. The number of hydrogen-bond acceptors (Lipinski definition) is 4. The van der Waals surface area contributed by atoms with Crippen LogP contribution in [0, 0.1) is 22.7 Å². The van der Waals surface area contributed by atoms with Crippen LogP contribution in [0.3, 0.4) is 0 Å². The van der Waals surface area contributed by atoms with E-state index in [-0.39, 0.29) is 30.1 Å². The molecule has 0 spiro atoms. The van der Waals surface area contributed by atoms with Gasteiger partial charge in [0.25, 0.3) is 0 Å². The molecule has 1 saturated heterocycles. The summed E-state index contributed by atoms with van der Waals surface area (Å²) in [4.78, 5) is 24.2. The minimum absolute atomic E-state index is 0.0289. The zero-order chi connectivity index (χ0) is 14.0. The summed E-state index contributed by atoms with van der Waals surface area (Å²) in [5.74, 6) is 0.122. The van der Waals surface area contributed by atoms with E-state index < -0.39 is 10.8 Å². The zero-order valence-corrected chi connectivity index (χ0v) is 12.1. The van der Waals surface area contributed by atoms with Gasteiger partial charge >= 0.3 is 11.9 Å². The Bertz CT molecular complexity index is 441. The molecule has 2 bridgehead atoms. The lowest BCUT2D eigenvalue weighted by molar-refractivity contribution is -0.163. The first-order valence-corrected chi connectivity index (χ1v) is 7.22. The van der Waals surface area contributed by atoms with Crippen molar-refractivity contribution in [3.05, 3.63) is 0 Å². The van der Waals surface area contributed by atoms with Crippen LogP contribution in [0.25, 0.3) is 0 Å². The van der Waals surface area contributed by atoms with Gasteiger partial charge in [0.1, 0.15) is 12.2 Å². The Hall–Kier alpha value is -1.06. The van der Waals surface area contributed by atoms with Gasteiger partial charge in [-0.15, -0.1) is 0 Å². The molecule has 0 amide bonds. The first-order valence-electron chi connectivity index (χ1n) is 7.22. The van der Waals surface area contributed by atoms with Crippen LogP contribution >= 0.6 is 0 Å². The summed E-state index contributed by atoms with van der Waals surface area (Å²) in [5, 5.41) is 0. The molecule has 5 atom stereocenters. The van der Waals surface area contributed by atoms with Gasteiger partial charge in [-0.1, -0.05) is 6.92 Å². The highest BCUT2D eigenvalue weighted by Gasteiger charge is 2.70. The highest BCUT2D eigenvalue weighted by molar-refractivity contribution is 5.81. The molecule has 1 aliphatic heterocycles. The van der Waals surface area contributed by atoms with Crippen molar-refractivity contribution < 1.29 is 19.1 Å². The predicted molar refractivity (Wildman–Crippen MR) is 68.2 cm³/mol. The van der Waals surface area contributed by atoms with Gasteiger partial charge in [-0.05, 0) is 40.0 Å². The minimum atomic E-state index is -0.452. The maximum atomic E-state index is 12.2. The average Bonchev–Trinajstić information content (AvgIpc) is 2.84. The Morgan fingerprint density at radius 3 is 2.79 bits per heavy atom. The fourth-order valence-corrected chi connectivity index (χ4v) is 3.95. The smallest absolute Gasteiger partial charge is 0.312 e. The van der Waals surface area contributed by atoms with Crippen molar-refractivity contribution in [2.45, 2.75) is 59.2 Å². The van der Waals surface area contributed by atoms with E-state index in [0.717, 1.165) is 19.3 Å². The lowest BCUT2D eigenvalue weighted by Gasteiger charge is -2.26. The van der Waals surface area contributed by atoms with Gasteiger partial charge in [-0.2, -0.15) is 0 Å². The van der Waals surface area contributed by atoms with Gasteiger partial charge in [-0.3, -0.25) is 9.59 Å². The highest BCUT2D eigenvalue weighted by Crippen LogP contribution is 2.62. The van der Waals surface area contributed by atoms with Crippen molar-refractivity contribution in [2.75, 3.05) is 0 Å². The third kappa shape index (κ3) is 1.58. The monoisotopic (exact) mass is 266 g/mol. The van der Waals surface area contributed by atoms with E-state index in [9.17, 15) is 9.59 Å². The minimum Gasteiger partial charge on any atom is -0.461 e. The van der Waals surface area contributed by atoms with Gasteiger partial charge in [0, 0.05) is 11.8 Å². The number of fused-ring (bicyclic) bond motifs is 1. The molecule has 19 heavy (non-hydrogen) atoms. The van der Waals surface area contributed by atoms with Gasteiger partial charge in [0.2, 0.25) is 0 Å². The van der Waals surface area contributed by atoms with Crippen LogP contribution in [0.2, 0.25) is 0 Å². The van der Waals surface area contributed by atoms with Crippen molar-refractivity contribution in [3.8, 4) is 0 Å². The molecule has 0 aromatic heterocycles. The molecular weight excluding hydrogens is 244 g/mol. The van der Waals surface area contributed by atoms with Crippen LogP contribution in [-0.4, -0.2) is 24.1 Å². The summed E-state index contributed by atoms with van der Waals surface area (Å²) < 4.78 is 11.2. The molecule has 0 N–H and O–H groups in total. The van der Waals surface area contributed by atoms with Crippen molar-refractivity contribution in [1.29, 1.82) is 0 Å². The lowest BCUT2D eigenvalue weighted by Crippen LogP contribution is -2.35. The molecule has 0 radical (unpaired) electrons. The fourth-order valence-electron chi connectivity index (χ4n) is 3.95. The SMILES string of the molecule is CCC(C)(C)C(=O)OC1C2CC3OC(=O)C(C)(C2)C31. The Morgan fingerprint density at radius 1 is 1.53 bits per heavy atom. The number of carbonyl (C=O) groups is 2. The number of esters is 2. The standard InChI is InChI=1S/C15H22O4/c1-5-14(2,3)12(16)19-11-8-6-9-10(11)15(4,7-8)13(17)18-9/h8-11H,5-7H2,1-4H3. The molecule has 1 heterocycles. The van der Waals surface area contributed by atoms with Crippen LogP contribution in [0.15, 0.2) is 0 Å². The molecule has 106 valence electrons. The molecule has 4 heteroatoms. The van der Waals surface area contributed by atoms with Crippen LogP contribution in [-0.2, 0) is 19.1 Å². The third-order valence-corrected chi connectivity index (χ3v) is 5.58. The average molecular weight is 266 g/mol. The Labute approximate surface area is 113 Å². The second-order valence-electron chi connectivity index (χ2n) is 7.19. The summed E-state index contributed by atoms with van der Waals surface area (Å²) in [5.41, 5.74) is -0.873. The molecule has 2 saturated carbocycles. The van der Waals surface area contributed by atoms with Gasteiger partial charge < -0.3 is 9.47 Å². The summed E-state index contributed by atoms with van der Waals surface area (Å²) in [6, 6.07) is 0. The number of carbonyl (C=O) groups excluding carboxylic acids is 2. The fraction of sp³-hybridized carbons (Fsp3) is 0.867. The zero-order valence-electron chi connectivity index (χ0n) is 12.1. The molecule has 0 aromatic rings. The van der Waals surface area contributed by atoms with Crippen LogP contribution in [0.1, 0.15) is 47.0 Å². The lowest BCUT2D eigenvalue weighted by atomic mass is 9.76. The Balaban J connectivity index is 1.79. The van der Waals surface area contributed by atoms with E-state index in [4.69, 9.17) is 9.47 Å². The van der Waals surface area contributed by atoms with E-state index in [1.54, 1.807) is 0 Å². The highest BCUT2D eigenvalue weighted by atomic mass is 16.6. The molecular formula is C15H22O4. The van der Waals surface area contributed by atoms with Gasteiger partial charge in [-0.25, -0.2) is 0 Å². The van der Waals surface area contributed by atoms with Crippen molar-refractivity contribution in [3.63, 3.8) is 0 Å². The summed E-state index contributed by atoms with van der Waals surface area (Å²) in [6.07, 6.45) is 2.26.